The molecule has 4 heteroatoms. The number of carbonyl (C=O) groups is 1. The molecule has 0 aromatic rings. The van der Waals surface area contributed by atoms with Crippen LogP contribution in [0.4, 0.5) is 0 Å². The van der Waals surface area contributed by atoms with Crippen LogP contribution in [0.1, 0.15) is 12.8 Å². The Morgan fingerprint density at radius 3 is 3.17 bits per heavy atom. The van der Waals surface area contributed by atoms with Crippen LogP contribution in [-0.4, -0.2) is 41.6 Å². The molecule has 0 spiro atoms. The molecular formula is C8H14N2OS. The molecule has 1 unspecified atom stereocenters. The van der Waals surface area contributed by atoms with Crippen molar-refractivity contribution in [2.24, 2.45) is 0 Å². The Morgan fingerprint density at radius 2 is 2.50 bits per heavy atom. The minimum Gasteiger partial charge on any atom is -0.328 e. The quantitative estimate of drug-likeness (QED) is 0.638. The van der Waals surface area contributed by atoms with Gasteiger partial charge in [-0.3, -0.25) is 4.79 Å². The Hall–Kier alpha value is -0.220. The molecule has 2 heterocycles. The lowest BCUT2D eigenvalue weighted by atomic mass is 10.3. The Bertz CT molecular complexity index is 180. The molecule has 0 saturated carbocycles. The molecule has 2 saturated heterocycles. The van der Waals surface area contributed by atoms with Crippen molar-refractivity contribution < 1.29 is 4.79 Å². The largest absolute Gasteiger partial charge is 0.328 e. The Labute approximate surface area is 76.9 Å². The highest BCUT2D eigenvalue weighted by atomic mass is 32.2. The van der Waals surface area contributed by atoms with Crippen LogP contribution in [0.25, 0.3) is 0 Å². The van der Waals surface area contributed by atoms with Gasteiger partial charge in [0.15, 0.2) is 0 Å². The third-order valence-electron chi connectivity index (χ3n) is 2.38. The van der Waals surface area contributed by atoms with E-state index in [1.54, 1.807) is 0 Å². The lowest BCUT2D eigenvalue weighted by Crippen LogP contribution is -2.50. The van der Waals surface area contributed by atoms with Gasteiger partial charge in [-0.15, -0.1) is 11.8 Å². The molecule has 1 N–H and O–H groups in total. The fourth-order valence-corrected chi connectivity index (χ4v) is 3.07. The van der Waals surface area contributed by atoms with Crippen LogP contribution in [0.5, 0.6) is 0 Å². The van der Waals surface area contributed by atoms with E-state index in [0.29, 0.717) is 11.9 Å². The van der Waals surface area contributed by atoms with Gasteiger partial charge in [0.1, 0.15) is 0 Å². The van der Waals surface area contributed by atoms with Crippen molar-refractivity contribution in [2.45, 2.75) is 18.2 Å². The molecule has 2 aliphatic rings. The minimum atomic E-state index is 0.278. The SMILES string of the molecule is O=C1CNCCN1C1CCCS1. The first-order chi connectivity index (χ1) is 5.88. The van der Waals surface area contributed by atoms with Crippen molar-refractivity contribution in [1.82, 2.24) is 10.2 Å². The van der Waals surface area contributed by atoms with Gasteiger partial charge in [-0.2, -0.15) is 0 Å². The van der Waals surface area contributed by atoms with Crippen molar-refractivity contribution >= 4 is 17.7 Å². The van der Waals surface area contributed by atoms with E-state index in [2.05, 4.69) is 5.32 Å². The maximum atomic E-state index is 11.4. The van der Waals surface area contributed by atoms with Crippen LogP contribution < -0.4 is 5.32 Å². The number of amides is 1. The average molecular weight is 186 g/mol. The van der Waals surface area contributed by atoms with Gasteiger partial charge in [-0.25, -0.2) is 0 Å². The van der Waals surface area contributed by atoms with Crippen LogP contribution in [0.15, 0.2) is 0 Å². The fourth-order valence-electron chi connectivity index (χ4n) is 1.73. The fraction of sp³-hybridized carbons (Fsp3) is 0.875. The molecule has 2 rings (SSSR count). The maximum Gasteiger partial charge on any atom is 0.237 e. The second kappa shape index (κ2) is 3.66. The molecule has 12 heavy (non-hydrogen) atoms. The smallest absolute Gasteiger partial charge is 0.237 e. The van der Waals surface area contributed by atoms with E-state index < -0.39 is 0 Å². The number of nitrogens with zero attached hydrogens (tertiary/aromatic N) is 1. The van der Waals surface area contributed by atoms with Gasteiger partial charge in [0.25, 0.3) is 0 Å². The molecule has 0 aromatic carbocycles. The summed E-state index contributed by atoms with van der Waals surface area (Å²) in [5.74, 6) is 1.50. The summed E-state index contributed by atoms with van der Waals surface area (Å²) in [4.78, 5) is 13.5. The number of thioether (sulfide) groups is 1. The first kappa shape index (κ1) is 8.38. The number of nitrogens with one attached hydrogen (secondary N) is 1. The minimum absolute atomic E-state index is 0.278. The van der Waals surface area contributed by atoms with Crippen molar-refractivity contribution in [2.75, 3.05) is 25.4 Å². The molecule has 68 valence electrons. The summed E-state index contributed by atoms with van der Waals surface area (Å²) in [7, 11) is 0. The topological polar surface area (TPSA) is 32.3 Å². The van der Waals surface area contributed by atoms with Gasteiger partial charge in [0, 0.05) is 13.1 Å². The van der Waals surface area contributed by atoms with Gasteiger partial charge in [0.05, 0.1) is 11.9 Å². The van der Waals surface area contributed by atoms with E-state index >= 15 is 0 Å². The average Bonchev–Trinajstić information content (AvgIpc) is 2.57. The summed E-state index contributed by atoms with van der Waals surface area (Å²) < 4.78 is 0. The molecule has 1 amide bonds. The lowest BCUT2D eigenvalue weighted by molar-refractivity contribution is -0.132. The lowest BCUT2D eigenvalue weighted by Gasteiger charge is -2.32. The van der Waals surface area contributed by atoms with Crippen molar-refractivity contribution in [3.63, 3.8) is 0 Å². The summed E-state index contributed by atoms with van der Waals surface area (Å²) in [5.41, 5.74) is 0. The first-order valence-electron chi connectivity index (χ1n) is 4.50. The van der Waals surface area contributed by atoms with Crippen molar-refractivity contribution in [3.05, 3.63) is 0 Å². The highest BCUT2D eigenvalue weighted by molar-refractivity contribution is 8.00. The molecular weight excluding hydrogens is 172 g/mol. The van der Waals surface area contributed by atoms with E-state index in [0.717, 1.165) is 13.1 Å². The Balaban J connectivity index is 1.95. The monoisotopic (exact) mass is 186 g/mol. The summed E-state index contributed by atoms with van der Waals surface area (Å²) in [5, 5.41) is 3.57. The first-order valence-corrected chi connectivity index (χ1v) is 5.54. The number of rotatable bonds is 1. The maximum absolute atomic E-state index is 11.4. The van der Waals surface area contributed by atoms with E-state index in [-0.39, 0.29) is 5.91 Å². The van der Waals surface area contributed by atoms with E-state index in [1.807, 2.05) is 16.7 Å². The number of piperazine rings is 1. The van der Waals surface area contributed by atoms with Gasteiger partial charge in [-0.1, -0.05) is 0 Å². The van der Waals surface area contributed by atoms with Crippen LogP contribution in [0.3, 0.4) is 0 Å². The molecule has 3 nitrogen and oxygen atoms in total. The van der Waals surface area contributed by atoms with Gasteiger partial charge >= 0.3 is 0 Å². The van der Waals surface area contributed by atoms with E-state index in [4.69, 9.17) is 0 Å². The van der Waals surface area contributed by atoms with Crippen LogP contribution in [0, 0.1) is 0 Å². The van der Waals surface area contributed by atoms with Crippen molar-refractivity contribution in [1.29, 1.82) is 0 Å². The van der Waals surface area contributed by atoms with Gasteiger partial charge in [-0.05, 0) is 18.6 Å². The second-order valence-corrected chi connectivity index (χ2v) is 4.52. The molecule has 1 atom stereocenters. The zero-order valence-corrected chi connectivity index (χ0v) is 7.90. The summed E-state index contributed by atoms with van der Waals surface area (Å²) >= 11 is 1.93. The normalized spacial score (nSPS) is 31.2. The molecule has 0 aromatic heterocycles. The molecule has 0 aliphatic carbocycles. The summed E-state index contributed by atoms with van der Waals surface area (Å²) in [6.07, 6.45) is 2.46. The third-order valence-corrected chi connectivity index (χ3v) is 3.78. The molecule has 2 fully saturated rings. The third kappa shape index (κ3) is 1.59. The van der Waals surface area contributed by atoms with E-state index in [1.165, 1.54) is 18.6 Å². The Morgan fingerprint density at radius 1 is 1.58 bits per heavy atom. The number of hydrogen-bond donors (Lipinski definition) is 1. The van der Waals surface area contributed by atoms with Crippen LogP contribution >= 0.6 is 11.8 Å². The van der Waals surface area contributed by atoms with Gasteiger partial charge in [0.2, 0.25) is 5.91 Å². The van der Waals surface area contributed by atoms with Crippen LogP contribution in [-0.2, 0) is 4.79 Å². The standard InChI is InChI=1S/C8H14N2OS/c11-7-6-9-3-4-10(7)8-2-1-5-12-8/h8-9H,1-6H2. The molecule has 0 bridgehead atoms. The van der Waals surface area contributed by atoms with Crippen molar-refractivity contribution in [3.8, 4) is 0 Å². The van der Waals surface area contributed by atoms with E-state index in [9.17, 15) is 4.79 Å². The number of hydrogen-bond acceptors (Lipinski definition) is 3. The predicted octanol–water partition coefficient (Wildman–Crippen LogP) is 0.271. The molecule has 2 aliphatic heterocycles. The zero-order chi connectivity index (χ0) is 8.39. The molecule has 0 radical (unpaired) electrons. The van der Waals surface area contributed by atoms with Gasteiger partial charge < -0.3 is 10.2 Å². The second-order valence-electron chi connectivity index (χ2n) is 3.23. The van der Waals surface area contributed by atoms with Crippen LogP contribution in [0.2, 0.25) is 0 Å². The summed E-state index contributed by atoms with van der Waals surface area (Å²) in [6, 6.07) is 0. The predicted molar refractivity (Wildman–Crippen MR) is 50.1 cm³/mol. The summed E-state index contributed by atoms with van der Waals surface area (Å²) in [6.45, 7) is 2.40. The highest BCUT2D eigenvalue weighted by Gasteiger charge is 2.28. The highest BCUT2D eigenvalue weighted by Crippen LogP contribution is 2.29. The zero-order valence-electron chi connectivity index (χ0n) is 7.08. The number of carbonyl (C=O) groups excluding carboxylic acids is 1. The Kier molecular flexibility index (Phi) is 2.56.